The van der Waals surface area contributed by atoms with E-state index in [0.717, 1.165) is 31.2 Å². The first-order valence-corrected chi connectivity index (χ1v) is 9.45. The summed E-state index contributed by atoms with van der Waals surface area (Å²) in [7, 11) is 7.19. The summed E-state index contributed by atoms with van der Waals surface area (Å²) in [6.07, 6.45) is 3.87. The van der Waals surface area contributed by atoms with E-state index in [1.165, 1.54) is 12.1 Å². The number of ether oxygens (including phenoxy) is 1. The number of rotatable bonds is 7. The molecule has 0 saturated heterocycles. The van der Waals surface area contributed by atoms with E-state index in [9.17, 15) is 13.6 Å². The van der Waals surface area contributed by atoms with Crippen LogP contribution in [-0.2, 0) is 11.3 Å². The minimum atomic E-state index is -2.83. The van der Waals surface area contributed by atoms with Crippen LogP contribution in [0.15, 0.2) is 29.3 Å². The van der Waals surface area contributed by atoms with E-state index in [2.05, 4.69) is 15.0 Å². The van der Waals surface area contributed by atoms with E-state index < -0.39 is 6.61 Å². The fourth-order valence-electron chi connectivity index (χ4n) is 3.75. The van der Waals surface area contributed by atoms with Crippen molar-refractivity contribution < 1.29 is 18.3 Å². The minimum Gasteiger partial charge on any atom is -0.435 e. The number of nitrogens with one attached hydrogen (secondary N) is 1. The Morgan fingerprint density at radius 3 is 2.32 bits per heavy atom. The van der Waals surface area contributed by atoms with Gasteiger partial charge in [-0.25, -0.2) is 0 Å². The van der Waals surface area contributed by atoms with Crippen LogP contribution >= 0.6 is 0 Å². The average molecular weight is 396 g/mol. The average Bonchev–Trinajstić information content (AvgIpc) is 3.12. The molecule has 0 unspecified atom stereocenters. The highest BCUT2D eigenvalue weighted by atomic mass is 19.3. The number of hydrogen-bond donors (Lipinski definition) is 1. The molecule has 1 amide bonds. The third-order valence-corrected chi connectivity index (χ3v) is 5.15. The normalized spacial score (nSPS) is 16.2. The summed E-state index contributed by atoms with van der Waals surface area (Å²) in [5.41, 5.74) is 0.557. The van der Waals surface area contributed by atoms with Gasteiger partial charge in [0.25, 0.3) is 0 Å². The molecule has 0 heterocycles. The zero-order valence-corrected chi connectivity index (χ0v) is 17.0. The molecule has 0 radical (unpaired) electrons. The lowest BCUT2D eigenvalue weighted by atomic mass is 9.84. The van der Waals surface area contributed by atoms with Crippen molar-refractivity contribution in [2.24, 2.45) is 10.4 Å². The highest BCUT2D eigenvalue weighted by Gasteiger charge is 2.42. The van der Waals surface area contributed by atoms with Crippen LogP contribution in [0.5, 0.6) is 5.75 Å². The highest BCUT2D eigenvalue weighted by Crippen LogP contribution is 2.39. The Morgan fingerprint density at radius 1 is 1.21 bits per heavy atom. The molecule has 0 atom stereocenters. The largest absolute Gasteiger partial charge is 0.435 e. The molecule has 1 aromatic carbocycles. The van der Waals surface area contributed by atoms with Gasteiger partial charge >= 0.3 is 6.61 Å². The lowest BCUT2D eigenvalue weighted by molar-refractivity contribution is -0.138. The van der Waals surface area contributed by atoms with Gasteiger partial charge in [0.2, 0.25) is 5.91 Å². The van der Waals surface area contributed by atoms with Gasteiger partial charge in [-0.2, -0.15) is 8.78 Å². The van der Waals surface area contributed by atoms with Crippen molar-refractivity contribution in [2.45, 2.75) is 38.8 Å². The van der Waals surface area contributed by atoms with Crippen molar-refractivity contribution >= 4 is 11.9 Å². The fourth-order valence-corrected chi connectivity index (χ4v) is 3.75. The number of carbonyl (C=O) groups excluding carboxylic acids is 1. The monoisotopic (exact) mass is 396 g/mol. The van der Waals surface area contributed by atoms with Crippen LogP contribution in [0, 0.1) is 5.41 Å². The van der Waals surface area contributed by atoms with Crippen LogP contribution < -0.4 is 10.1 Å². The molecule has 156 valence electrons. The number of alkyl halides is 2. The molecule has 0 bridgehead atoms. The van der Waals surface area contributed by atoms with Gasteiger partial charge in [-0.05, 0) is 30.5 Å². The first-order valence-electron chi connectivity index (χ1n) is 9.45. The van der Waals surface area contributed by atoms with Crippen molar-refractivity contribution in [2.75, 3.05) is 34.7 Å². The fraction of sp³-hybridized carbons (Fsp3) is 0.600. The van der Waals surface area contributed by atoms with Crippen LogP contribution in [0.25, 0.3) is 0 Å². The number of nitrogens with zero attached hydrogens (tertiary/aromatic N) is 3. The number of hydrogen-bond acceptors (Lipinski definition) is 3. The van der Waals surface area contributed by atoms with Crippen LogP contribution in [0.4, 0.5) is 8.78 Å². The van der Waals surface area contributed by atoms with Crippen molar-refractivity contribution in [3.63, 3.8) is 0 Å². The Balaban J connectivity index is 1.97. The molecule has 0 aromatic heterocycles. The Hall–Kier alpha value is -2.38. The number of guanidine groups is 1. The predicted molar refractivity (Wildman–Crippen MR) is 105 cm³/mol. The SMILES string of the molecule is CN=C(NCC1(C(=O)N(C)C)CCCC1)N(C)Cc1ccc(OC(F)F)cc1. The first-order chi connectivity index (χ1) is 13.3. The summed E-state index contributed by atoms with van der Waals surface area (Å²) in [5.74, 6) is 0.977. The predicted octanol–water partition coefficient (Wildman–Crippen LogP) is 2.94. The summed E-state index contributed by atoms with van der Waals surface area (Å²) in [6.45, 7) is -1.74. The van der Waals surface area contributed by atoms with E-state index in [1.807, 2.05) is 11.9 Å². The topological polar surface area (TPSA) is 57.2 Å². The zero-order valence-electron chi connectivity index (χ0n) is 17.0. The Bertz CT molecular complexity index is 671. The zero-order chi connectivity index (χ0) is 20.7. The van der Waals surface area contributed by atoms with Gasteiger partial charge in [0.05, 0.1) is 5.41 Å². The number of carbonyl (C=O) groups is 1. The second-order valence-electron chi connectivity index (χ2n) is 7.47. The summed E-state index contributed by atoms with van der Waals surface area (Å²) in [6, 6.07) is 6.54. The molecular weight excluding hydrogens is 366 g/mol. The van der Waals surface area contributed by atoms with Crippen LogP contribution in [0.1, 0.15) is 31.2 Å². The third-order valence-electron chi connectivity index (χ3n) is 5.15. The molecule has 1 N–H and O–H groups in total. The molecule has 6 nitrogen and oxygen atoms in total. The molecule has 1 aliphatic carbocycles. The van der Waals surface area contributed by atoms with Crippen molar-refractivity contribution in [3.8, 4) is 5.75 Å². The molecule has 2 rings (SSSR count). The highest BCUT2D eigenvalue weighted by molar-refractivity contribution is 5.85. The maximum absolute atomic E-state index is 12.7. The number of benzene rings is 1. The van der Waals surface area contributed by atoms with E-state index in [4.69, 9.17) is 0 Å². The molecular formula is C20H30F2N4O2. The quantitative estimate of drug-likeness (QED) is 0.569. The molecule has 1 aromatic rings. The Morgan fingerprint density at radius 2 is 1.82 bits per heavy atom. The first kappa shape index (κ1) is 21.9. The smallest absolute Gasteiger partial charge is 0.387 e. The maximum Gasteiger partial charge on any atom is 0.387 e. The van der Waals surface area contributed by atoms with Gasteiger partial charge < -0.3 is 19.9 Å². The van der Waals surface area contributed by atoms with Crippen LogP contribution in [0.2, 0.25) is 0 Å². The van der Waals surface area contributed by atoms with Gasteiger partial charge in [0.1, 0.15) is 5.75 Å². The van der Waals surface area contributed by atoms with E-state index in [1.54, 1.807) is 38.2 Å². The lowest BCUT2D eigenvalue weighted by Gasteiger charge is -2.32. The van der Waals surface area contributed by atoms with E-state index >= 15 is 0 Å². The molecule has 28 heavy (non-hydrogen) atoms. The second-order valence-corrected chi connectivity index (χ2v) is 7.47. The van der Waals surface area contributed by atoms with Crippen LogP contribution in [0.3, 0.4) is 0 Å². The van der Waals surface area contributed by atoms with E-state index in [-0.39, 0.29) is 17.1 Å². The van der Waals surface area contributed by atoms with Gasteiger partial charge in [-0.3, -0.25) is 9.79 Å². The van der Waals surface area contributed by atoms with Gasteiger partial charge in [-0.15, -0.1) is 0 Å². The van der Waals surface area contributed by atoms with Crippen molar-refractivity contribution in [3.05, 3.63) is 29.8 Å². The third kappa shape index (κ3) is 5.56. The van der Waals surface area contributed by atoms with Crippen LogP contribution in [-0.4, -0.2) is 63.0 Å². The van der Waals surface area contributed by atoms with Gasteiger partial charge in [0, 0.05) is 41.3 Å². The summed E-state index contributed by atoms with van der Waals surface area (Å²) in [5, 5.41) is 3.35. The van der Waals surface area contributed by atoms with Crippen molar-refractivity contribution in [1.29, 1.82) is 0 Å². The standard InChI is InChI=1S/C20H30F2N4O2/c1-23-19(24-14-20(11-5-6-12-20)17(27)25(2)3)26(4)13-15-7-9-16(10-8-15)28-18(21)22/h7-10,18H,5-6,11-14H2,1-4H3,(H,23,24). The molecule has 1 fully saturated rings. The van der Waals surface area contributed by atoms with Crippen molar-refractivity contribution in [1.82, 2.24) is 15.1 Å². The number of amides is 1. The Labute approximate surface area is 165 Å². The van der Waals surface area contributed by atoms with Gasteiger partial charge in [0.15, 0.2) is 5.96 Å². The number of halogens is 2. The summed E-state index contributed by atoms with van der Waals surface area (Å²) >= 11 is 0. The van der Waals surface area contributed by atoms with E-state index in [0.29, 0.717) is 19.0 Å². The molecule has 1 saturated carbocycles. The molecule has 0 spiro atoms. The molecule has 0 aliphatic heterocycles. The minimum absolute atomic E-state index is 0.134. The number of aliphatic imine (C=N–C) groups is 1. The molecule has 1 aliphatic rings. The summed E-state index contributed by atoms with van der Waals surface area (Å²) in [4.78, 5) is 20.6. The molecule has 8 heteroatoms. The lowest BCUT2D eigenvalue weighted by Crippen LogP contribution is -2.49. The summed E-state index contributed by atoms with van der Waals surface area (Å²) < 4.78 is 28.9. The Kier molecular flexibility index (Phi) is 7.60. The second kappa shape index (κ2) is 9.71. The van der Waals surface area contributed by atoms with Gasteiger partial charge in [-0.1, -0.05) is 25.0 Å². The maximum atomic E-state index is 12.7.